The molecule has 0 heterocycles. The van der Waals surface area contributed by atoms with Gasteiger partial charge in [-0.05, 0) is 25.3 Å². The first-order valence-corrected chi connectivity index (χ1v) is 6.46. The van der Waals surface area contributed by atoms with Crippen LogP contribution in [-0.2, 0) is 6.42 Å². The summed E-state index contributed by atoms with van der Waals surface area (Å²) in [6, 6.07) is 8.42. The zero-order chi connectivity index (χ0) is 11.8. The van der Waals surface area contributed by atoms with Crippen LogP contribution in [0.15, 0.2) is 24.3 Å². The van der Waals surface area contributed by atoms with Crippen molar-refractivity contribution < 1.29 is 5.11 Å². The van der Waals surface area contributed by atoms with Gasteiger partial charge < -0.3 is 5.11 Å². The second-order valence-corrected chi connectivity index (χ2v) is 4.70. The summed E-state index contributed by atoms with van der Waals surface area (Å²) in [6.45, 7) is 4.31. The van der Waals surface area contributed by atoms with E-state index in [4.69, 9.17) is 0 Å². The molecule has 1 rings (SSSR count). The van der Waals surface area contributed by atoms with E-state index < -0.39 is 0 Å². The fourth-order valence-corrected chi connectivity index (χ4v) is 2.02. The molecule has 0 amide bonds. The lowest BCUT2D eigenvalue weighted by Gasteiger charge is -2.10. The van der Waals surface area contributed by atoms with E-state index >= 15 is 0 Å². The average Bonchev–Trinajstić information content (AvgIpc) is 2.24. The summed E-state index contributed by atoms with van der Waals surface area (Å²) < 4.78 is 0. The Bertz CT molecular complexity index is 293. The van der Waals surface area contributed by atoms with Crippen molar-refractivity contribution in [3.8, 4) is 0 Å². The predicted octanol–water partition coefficient (Wildman–Crippen LogP) is 3.87. The molecule has 0 saturated carbocycles. The predicted molar refractivity (Wildman–Crippen MR) is 69.6 cm³/mol. The molecule has 0 aliphatic carbocycles. The molecular formula is C15H24O. The summed E-state index contributed by atoms with van der Waals surface area (Å²) in [6.07, 6.45) is 6.52. The number of aryl methyl sites for hydroxylation is 1. The lowest BCUT2D eigenvalue weighted by atomic mass is 10.0. The summed E-state index contributed by atoms with van der Waals surface area (Å²) >= 11 is 0. The van der Waals surface area contributed by atoms with Crippen LogP contribution in [0, 0.1) is 6.92 Å². The van der Waals surface area contributed by atoms with Gasteiger partial charge >= 0.3 is 0 Å². The number of benzene rings is 1. The summed E-state index contributed by atoms with van der Waals surface area (Å²) in [4.78, 5) is 0. The van der Waals surface area contributed by atoms with E-state index in [2.05, 4.69) is 38.1 Å². The molecule has 0 aliphatic heterocycles. The van der Waals surface area contributed by atoms with E-state index in [1.165, 1.54) is 30.4 Å². The highest BCUT2D eigenvalue weighted by atomic mass is 16.3. The lowest BCUT2D eigenvalue weighted by Crippen LogP contribution is -2.10. The van der Waals surface area contributed by atoms with E-state index in [9.17, 15) is 5.11 Å². The second kappa shape index (κ2) is 7.45. The Morgan fingerprint density at radius 3 is 2.69 bits per heavy atom. The zero-order valence-electron chi connectivity index (χ0n) is 10.6. The van der Waals surface area contributed by atoms with Crippen LogP contribution < -0.4 is 0 Å². The molecule has 1 nitrogen and oxygen atoms in total. The van der Waals surface area contributed by atoms with Crippen LogP contribution in [0.5, 0.6) is 0 Å². The fourth-order valence-electron chi connectivity index (χ4n) is 2.02. The highest BCUT2D eigenvalue weighted by Crippen LogP contribution is 2.11. The summed E-state index contributed by atoms with van der Waals surface area (Å²) in [5, 5.41) is 9.89. The van der Waals surface area contributed by atoms with Gasteiger partial charge in [-0.1, -0.05) is 62.4 Å². The minimum absolute atomic E-state index is 0.168. The van der Waals surface area contributed by atoms with Crippen molar-refractivity contribution >= 4 is 0 Å². The third-order valence-corrected chi connectivity index (χ3v) is 2.94. The molecule has 0 spiro atoms. The molecule has 90 valence electrons. The first-order valence-electron chi connectivity index (χ1n) is 6.46. The van der Waals surface area contributed by atoms with Crippen molar-refractivity contribution in [2.45, 2.75) is 58.5 Å². The van der Waals surface area contributed by atoms with Gasteiger partial charge in [0.05, 0.1) is 6.10 Å². The number of aliphatic hydroxyl groups excluding tert-OH is 1. The van der Waals surface area contributed by atoms with Crippen molar-refractivity contribution in [1.82, 2.24) is 0 Å². The Balaban J connectivity index is 2.25. The summed E-state index contributed by atoms with van der Waals surface area (Å²) in [5.74, 6) is 0. The van der Waals surface area contributed by atoms with E-state index in [0.717, 1.165) is 19.3 Å². The van der Waals surface area contributed by atoms with Crippen molar-refractivity contribution in [3.05, 3.63) is 35.4 Å². The van der Waals surface area contributed by atoms with Gasteiger partial charge in [0, 0.05) is 0 Å². The molecule has 0 saturated heterocycles. The van der Waals surface area contributed by atoms with Crippen LogP contribution in [0.3, 0.4) is 0 Å². The Kier molecular flexibility index (Phi) is 6.17. The van der Waals surface area contributed by atoms with Gasteiger partial charge in [0.2, 0.25) is 0 Å². The van der Waals surface area contributed by atoms with Gasteiger partial charge in [-0.3, -0.25) is 0 Å². The van der Waals surface area contributed by atoms with E-state index in [1.54, 1.807) is 0 Å². The maximum atomic E-state index is 9.89. The van der Waals surface area contributed by atoms with Gasteiger partial charge in [-0.2, -0.15) is 0 Å². The smallest absolute Gasteiger partial charge is 0.0580 e. The molecule has 16 heavy (non-hydrogen) atoms. The Morgan fingerprint density at radius 1 is 1.19 bits per heavy atom. The van der Waals surface area contributed by atoms with Crippen molar-refractivity contribution in [1.29, 1.82) is 0 Å². The molecule has 1 aromatic rings. The molecule has 1 atom stereocenters. The fraction of sp³-hybridized carbons (Fsp3) is 0.600. The number of rotatable bonds is 7. The van der Waals surface area contributed by atoms with Crippen LogP contribution >= 0.6 is 0 Å². The maximum absolute atomic E-state index is 9.89. The largest absolute Gasteiger partial charge is 0.393 e. The monoisotopic (exact) mass is 220 g/mol. The van der Waals surface area contributed by atoms with E-state index in [-0.39, 0.29) is 6.10 Å². The highest BCUT2D eigenvalue weighted by Gasteiger charge is 2.05. The highest BCUT2D eigenvalue weighted by molar-refractivity contribution is 5.22. The van der Waals surface area contributed by atoms with Gasteiger partial charge in [-0.15, -0.1) is 0 Å². The zero-order valence-corrected chi connectivity index (χ0v) is 10.6. The molecule has 0 aromatic heterocycles. The summed E-state index contributed by atoms with van der Waals surface area (Å²) in [5.41, 5.74) is 2.53. The second-order valence-electron chi connectivity index (χ2n) is 4.70. The molecule has 0 bridgehead atoms. The van der Waals surface area contributed by atoms with Crippen molar-refractivity contribution in [2.24, 2.45) is 0 Å². The van der Waals surface area contributed by atoms with Gasteiger partial charge in [0.1, 0.15) is 0 Å². The topological polar surface area (TPSA) is 20.2 Å². The summed E-state index contributed by atoms with van der Waals surface area (Å²) in [7, 11) is 0. The average molecular weight is 220 g/mol. The van der Waals surface area contributed by atoms with Crippen LogP contribution in [0.1, 0.15) is 50.2 Å². The van der Waals surface area contributed by atoms with E-state index in [1.807, 2.05) is 0 Å². The van der Waals surface area contributed by atoms with Crippen LogP contribution in [0.4, 0.5) is 0 Å². The Morgan fingerprint density at radius 2 is 2.00 bits per heavy atom. The Labute approximate surface area is 99.5 Å². The molecule has 1 heteroatoms. The molecule has 1 unspecified atom stereocenters. The molecular weight excluding hydrogens is 196 g/mol. The normalized spacial score (nSPS) is 12.7. The minimum atomic E-state index is -0.168. The van der Waals surface area contributed by atoms with Gasteiger partial charge in [0.25, 0.3) is 0 Å². The molecule has 1 aromatic carbocycles. The number of aliphatic hydroxyl groups is 1. The third kappa shape index (κ3) is 5.32. The van der Waals surface area contributed by atoms with Gasteiger partial charge in [0.15, 0.2) is 0 Å². The number of hydrogen-bond acceptors (Lipinski definition) is 1. The first kappa shape index (κ1) is 13.2. The van der Waals surface area contributed by atoms with Crippen molar-refractivity contribution in [3.63, 3.8) is 0 Å². The standard InChI is InChI=1S/C15H24O/c1-3-4-5-6-10-15(16)12-14-9-7-8-13(2)11-14/h7-9,11,15-16H,3-6,10,12H2,1-2H3. The number of unbranched alkanes of at least 4 members (excludes halogenated alkanes) is 3. The van der Waals surface area contributed by atoms with Crippen LogP contribution in [0.2, 0.25) is 0 Å². The molecule has 0 radical (unpaired) electrons. The van der Waals surface area contributed by atoms with Crippen molar-refractivity contribution in [2.75, 3.05) is 0 Å². The molecule has 0 aliphatic rings. The van der Waals surface area contributed by atoms with Crippen LogP contribution in [-0.4, -0.2) is 11.2 Å². The molecule has 0 fully saturated rings. The number of hydrogen-bond donors (Lipinski definition) is 1. The molecule has 1 N–H and O–H groups in total. The third-order valence-electron chi connectivity index (χ3n) is 2.94. The van der Waals surface area contributed by atoms with Gasteiger partial charge in [-0.25, -0.2) is 0 Å². The maximum Gasteiger partial charge on any atom is 0.0580 e. The first-order chi connectivity index (χ1) is 7.72. The lowest BCUT2D eigenvalue weighted by molar-refractivity contribution is 0.161. The Hall–Kier alpha value is -0.820. The quantitative estimate of drug-likeness (QED) is 0.692. The van der Waals surface area contributed by atoms with E-state index in [0.29, 0.717) is 0 Å². The minimum Gasteiger partial charge on any atom is -0.393 e. The van der Waals surface area contributed by atoms with Crippen LogP contribution in [0.25, 0.3) is 0 Å². The SMILES string of the molecule is CCCCCCC(O)Cc1cccc(C)c1.